The van der Waals surface area contributed by atoms with Gasteiger partial charge in [0.05, 0.1) is 11.3 Å². The van der Waals surface area contributed by atoms with Gasteiger partial charge in [-0.3, -0.25) is 0 Å². The van der Waals surface area contributed by atoms with Gasteiger partial charge < -0.3 is 19.9 Å². The fourth-order valence-corrected chi connectivity index (χ4v) is 1.90. The Hall–Kier alpha value is -3.01. The molecule has 1 aromatic rings. The van der Waals surface area contributed by atoms with Gasteiger partial charge in [-0.1, -0.05) is 0 Å². The van der Waals surface area contributed by atoms with Crippen molar-refractivity contribution in [3.63, 3.8) is 0 Å². The molecule has 1 aromatic carbocycles. The van der Waals surface area contributed by atoms with Crippen molar-refractivity contribution in [2.45, 2.75) is 26.6 Å². The fraction of sp³-hybridized carbons (Fsp3) is 0.267. The Bertz CT molecular complexity index is 706. The van der Waals surface area contributed by atoms with Crippen LogP contribution in [-0.2, 0) is 19.1 Å². The molecule has 1 saturated heterocycles. The topological polar surface area (TPSA) is 109 Å². The van der Waals surface area contributed by atoms with E-state index in [1.807, 2.05) is 6.07 Å². The van der Waals surface area contributed by atoms with Crippen molar-refractivity contribution in [1.82, 2.24) is 0 Å². The number of esters is 2. The van der Waals surface area contributed by atoms with Crippen LogP contribution in [0.25, 0.3) is 0 Å². The van der Waals surface area contributed by atoms with Crippen molar-refractivity contribution >= 4 is 17.6 Å². The third-order valence-electron chi connectivity index (χ3n) is 3.03. The van der Waals surface area contributed by atoms with Crippen molar-refractivity contribution in [3.05, 3.63) is 35.0 Å². The van der Waals surface area contributed by atoms with Crippen molar-refractivity contribution in [2.24, 2.45) is 0 Å². The largest absolute Gasteiger partial charge is 0.508 e. The average Bonchev–Trinajstić information content (AvgIpc) is 2.41. The van der Waals surface area contributed by atoms with Crippen LogP contribution in [0.1, 0.15) is 25.0 Å². The summed E-state index contributed by atoms with van der Waals surface area (Å²) in [6, 6.07) is 4.76. The van der Waals surface area contributed by atoms with Crippen molar-refractivity contribution < 1.29 is 24.2 Å². The minimum atomic E-state index is -1.32. The number of cyclic esters (lactones) is 2. The summed E-state index contributed by atoms with van der Waals surface area (Å²) in [5.74, 6) is -2.99. The minimum absolute atomic E-state index is 0.0187. The van der Waals surface area contributed by atoms with Gasteiger partial charge in [0.1, 0.15) is 11.8 Å². The zero-order chi connectivity index (χ0) is 16.5. The third kappa shape index (κ3) is 2.86. The lowest BCUT2D eigenvalue weighted by molar-refractivity contribution is -0.222. The van der Waals surface area contributed by atoms with Crippen molar-refractivity contribution in [1.29, 1.82) is 5.26 Å². The summed E-state index contributed by atoms with van der Waals surface area (Å²) in [6.07, 6.45) is 1.10. The zero-order valence-corrected chi connectivity index (χ0v) is 12.3. The van der Waals surface area contributed by atoms with Gasteiger partial charge in [-0.25, -0.2) is 9.59 Å². The van der Waals surface area contributed by atoms with Crippen LogP contribution in [0.4, 0.5) is 5.69 Å². The summed E-state index contributed by atoms with van der Waals surface area (Å²) in [7, 11) is 0. The number of anilines is 1. The molecule has 1 aliphatic rings. The van der Waals surface area contributed by atoms with Gasteiger partial charge in [0.25, 0.3) is 5.79 Å². The number of carbonyl (C=O) groups excluding carboxylic acids is 2. The predicted molar refractivity (Wildman–Crippen MR) is 75.5 cm³/mol. The Morgan fingerprint density at radius 3 is 2.41 bits per heavy atom. The Kier molecular flexibility index (Phi) is 3.78. The molecule has 0 bridgehead atoms. The number of rotatable bonds is 2. The molecule has 0 atom stereocenters. The lowest BCUT2D eigenvalue weighted by Gasteiger charge is -2.29. The second kappa shape index (κ2) is 5.41. The molecule has 0 unspecified atom stereocenters. The molecular formula is C15H14N2O5. The van der Waals surface area contributed by atoms with E-state index < -0.39 is 17.7 Å². The second-order valence-corrected chi connectivity index (χ2v) is 5.13. The third-order valence-corrected chi connectivity index (χ3v) is 3.03. The number of benzene rings is 1. The number of nitrogens with one attached hydrogen (secondary N) is 1. The van der Waals surface area contributed by atoms with Gasteiger partial charge in [-0.2, -0.15) is 5.26 Å². The quantitative estimate of drug-likeness (QED) is 0.486. The second-order valence-electron chi connectivity index (χ2n) is 5.13. The smallest absolute Gasteiger partial charge is 0.350 e. The van der Waals surface area contributed by atoms with Crippen LogP contribution in [0.2, 0.25) is 0 Å². The van der Waals surface area contributed by atoms with Gasteiger partial charge in [0.15, 0.2) is 5.57 Å². The Morgan fingerprint density at radius 2 is 1.86 bits per heavy atom. The highest BCUT2D eigenvalue weighted by Crippen LogP contribution is 2.29. The lowest BCUT2D eigenvalue weighted by atomic mass is 10.1. The number of carbonyl (C=O) groups is 2. The van der Waals surface area contributed by atoms with E-state index in [4.69, 9.17) is 14.7 Å². The van der Waals surface area contributed by atoms with E-state index in [1.54, 1.807) is 6.92 Å². The number of phenolic OH excluding ortho intramolecular Hbond substituents is 1. The van der Waals surface area contributed by atoms with Crippen LogP contribution < -0.4 is 5.32 Å². The Balaban J connectivity index is 2.34. The molecule has 0 amide bonds. The maximum atomic E-state index is 11.8. The summed E-state index contributed by atoms with van der Waals surface area (Å²) in [5.41, 5.74) is 0.630. The van der Waals surface area contributed by atoms with Crippen LogP contribution in [0.5, 0.6) is 5.75 Å². The molecule has 2 N–H and O–H groups in total. The van der Waals surface area contributed by atoms with Gasteiger partial charge in [0.2, 0.25) is 0 Å². The molecule has 7 heteroatoms. The van der Waals surface area contributed by atoms with Gasteiger partial charge >= 0.3 is 11.9 Å². The molecular weight excluding hydrogens is 288 g/mol. The molecule has 22 heavy (non-hydrogen) atoms. The van der Waals surface area contributed by atoms with Crippen LogP contribution in [0.3, 0.4) is 0 Å². The van der Waals surface area contributed by atoms with Crippen LogP contribution in [0, 0.1) is 18.3 Å². The van der Waals surface area contributed by atoms with Gasteiger partial charge in [-0.15, -0.1) is 0 Å². The van der Waals surface area contributed by atoms with E-state index in [2.05, 4.69) is 5.32 Å². The highest BCUT2D eigenvalue weighted by molar-refractivity contribution is 6.15. The predicted octanol–water partition coefficient (Wildman–Crippen LogP) is 1.70. The van der Waals surface area contributed by atoms with Crippen LogP contribution >= 0.6 is 0 Å². The summed E-state index contributed by atoms with van der Waals surface area (Å²) < 4.78 is 9.90. The summed E-state index contributed by atoms with van der Waals surface area (Å²) >= 11 is 0. The first-order chi connectivity index (χ1) is 10.2. The van der Waals surface area contributed by atoms with Gasteiger partial charge in [0, 0.05) is 25.6 Å². The van der Waals surface area contributed by atoms with Crippen LogP contribution in [0.15, 0.2) is 23.9 Å². The first-order valence-electron chi connectivity index (χ1n) is 6.41. The Labute approximate surface area is 126 Å². The lowest BCUT2D eigenvalue weighted by Crippen LogP contribution is -2.42. The number of hydrogen-bond donors (Lipinski definition) is 2. The monoisotopic (exact) mass is 302 g/mol. The number of nitriles is 1. The number of phenols is 1. The van der Waals surface area contributed by atoms with E-state index >= 15 is 0 Å². The fourth-order valence-electron chi connectivity index (χ4n) is 1.90. The number of ether oxygens (including phenoxy) is 2. The molecule has 1 aliphatic heterocycles. The van der Waals surface area contributed by atoms with E-state index in [0.717, 1.165) is 6.20 Å². The van der Waals surface area contributed by atoms with E-state index in [-0.39, 0.29) is 16.9 Å². The van der Waals surface area contributed by atoms with Crippen molar-refractivity contribution in [3.8, 4) is 11.8 Å². The molecule has 0 aromatic heterocycles. The van der Waals surface area contributed by atoms with Crippen molar-refractivity contribution in [2.75, 3.05) is 5.32 Å². The highest BCUT2D eigenvalue weighted by Gasteiger charge is 2.39. The summed E-state index contributed by atoms with van der Waals surface area (Å²) in [4.78, 5) is 23.6. The maximum Gasteiger partial charge on any atom is 0.350 e. The highest BCUT2D eigenvalue weighted by atomic mass is 16.7. The number of nitrogens with zero attached hydrogens (tertiary/aromatic N) is 1. The number of hydrogen-bond acceptors (Lipinski definition) is 7. The minimum Gasteiger partial charge on any atom is -0.508 e. The summed E-state index contributed by atoms with van der Waals surface area (Å²) in [6.45, 7) is 4.48. The molecule has 1 heterocycles. The molecule has 0 saturated carbocycles. The number of aromatic hydroxyl groups is 1. The van der Waals surface area contributed by atoms with E-state index in [0.29, 0.717) is 11.3 Å². The van der Waals surface area contributed by atoms with E-state index in [9.17, 15) is 14.7 Å². The molecule has 0 radical (unpaired) electrons. The normalized spacial score (nSPS) is 16.4. The average molecular weight is 302 g/mol. The first-order valence-corrected chi connectivity index (χ1v) is 6.41. The molecule has 7 nitrogen and oxygen atoms in total. The van der Waals surface area contributed by atoms with Crippen LogP contribution in [-0.4, -0.2) is 22.8 Å². The molecule has 2 rings (SSSR count). The maximum absolute atomic E-state index is 11.8. The SMILES string of the molecule is Cc1c(O)ccc(C#N)c1NC=C1C(=O)OC(C)(C)OC1=O. The molecule has 1 fully saturated rings. The molecule has 0 spiro atoms. The van der Waals surface area contributed by atoms with Gasteiger partial charge in [-0.05, 0) is 19.1 Å². The van der Waals surface area contributed by atoms with E-state index in [1.165, 1.54) is 26.0 Å². The zero-order valence-electron chi connectivity index (χ0n) is 12.3. The first kappa shape index (κ1) is 15.4. The standard InChI is InChI=1S/C15H14N2O5/c1-8-11(18)5-4-9(6-16)12(8)17-7-10-13(19)21-15(2,3)22-14(10)20/h4-5,7,17-18H,1-3H3. The molecule has 114 valence electrons. The molecule has 0 aliphatic carbocycles. The summed E-state index contributed by atoms with van der Waals surface area (Å²) in [5, 5.41) is 21.4. The Morgan fingerprint density at radius 1 is 1.27 bits per heavy atom.